The number of benzene rings is 2. The van der Waals surface area contributed by atoms with Crippen LogP contribution in [0.4, 0.5) is 5.69 Å². The van der Waals surface area contributed by atoms with Gasteiger partial charge in [-0.2, -0.15) is 0 Å². The Balaban J connectivity index is 1.71. The Kier molecular flexibility index (Phi) is 4.99. The topological polar surface area (TPSA) is 51.1 Å². The van der Waals surface area contributed by atoms with E-state index in [-0.39, 0.29) is 16.0 Å². The molecule has 0 spiro atoms. The minimum atomic E-state index is -0.253. The predicted molar refractivity (Wildman–Crippen MR) is 102 cm³/mol. The quantitative estimate of drug-likeness (QED) is 0.686. The molecular formula is C17H15ClN2O2S2. The molecule has 24 heavy (non-hydrogen) atoms. The first kappa shape index (κ1) is 17.1. The van der Waals surface area contributed by atoms with E-state index in [9.17, 15) is 9.59 Å². The Morgan fingerprint density at radius 3 is 2.67 bits per heavy atom. The molecule has 0 aliphatic carbocycles. The highest BCUT2D eigenvalue weighted by Crippen LogP contribution is 2.26. The molecule has 0 aliphatic rings. The SMILES string of the molecule is C[C@H](Sc1ccc(Cl)cc1)C(=O)Nc1ccc2c(c1)sc(=O)n2C. The number of amides is 1. The maximum Gasteiger partial charge on any atom is 0.307 e. The number of hydrogen-bond acceptors (Lipinski definition) is 4. The first-order valence-electron chi connectivity index (χ1n) is 7.27. The summed E-state index contributed by atoms with van der Waals surface area (Å²) in [5.41, 5.74) is 1.56. The van der Waals surface area contributed by atoms with Crippen molar-refractivity contribution in [2.75, 3.05) is 5.32 Å². The average molecular weight is 379 g/mol. The number of thiazole rings is 1. The van der Waals surface area contributed by atoms with Gasteiger partial charge in [0.25, 0.3) is 0 Å². The molecule has 1 amide bonds. The van der Waals surface area contributed by atoms with Gasteiger partial charge >= 0.3 is 4.87 Å². The normalized spacial score (nSPS) is 12.3. The first-order chi connectivity index (χ1) is 11.4. The standard InChI is InChI=1S/C17H15ClN2O2S2/c1-10(23-13-6-3-11(18)4-7-13)16(21)19-12-5-8-14-15(9-12)24-17(22)20(14)2/h3-10H,1-2H3,(H,19,21)/t10-/m0/s1. The summed E-state index contributed by atoms with van der Waals surface area (Å²) in [5, 5.41) is 3.32. The van der Waals surface area contributed by atoms with Gasteiger partial charge in [-0.15, -0.1) is 11.8 Å². The number of hydrogen-bond donors (Lipinski definition) is 1. The van der Waals surface area contributed by atoms with Crippen LogP contribution in [0.25, 0.3) is 10.2 Å². The van der Waals surface area contributed by atoms with Crippen LogP contribution in [0.1, 0.15) is 6.92 Å². The van der Waals surface area contributed by atoms with Crippen molar-refractivity contribution < 1.29 is 4.79 Å². The van der Waals surface area contributed by atoms with E-state index in [1.807, 2.05) is 37.3 Å². The van der Waals surface area contributed by atoms with Crippen molar-refractivity contribution >= 4 is 56.5 Å². The zero-order chi connectivity index (χ0) is 17.3. The Morgan fingerprint density at radius 2 is 1.96 bits per heavy atom. The van der Waals surface area contributed by atoms with E-state index < -0.39 is 0 Å². The molecule has 1 N–H and O–H groups in total. The van der Waals surface area contributed by atoms with E-state index in [2.05, 4.69) is 5.32 Å². The van der Waals surface area contributed by atoms with Gasteiger partial charge in [-0.25, -0.2) is 0 Å². The highest BCUT2D eigenvalue weighted by atomic mass is 35.5. The van der Waals surface area contributed by atoms with Gasteiger partial charge in [0.2, 0.25) is 5.91 Å². The fraction of sp³-hybridized carbons (Fsp3) is 0.176. The van der Waals surface area contributed by atoms with Crippen molar-refractivity contribution in [3.63, 3.8) is 0 Å². The molecule has 1 heterocycles. The van der Waals surface area contributed by atoms with E-state index in [0.717, 1.165) is 15.1 Å². The fourth-order valence-corrected chi connectivity index (χ4v) is 4.14. The number of nitrogens with zero attached hydrogens (tertiary/aromatic N) is 1. The molecule has 0 radical (unpaired) electrons. The van der Waals surface area contributed by atoms with Crippen molar-refractivity contribution in [2.24, 2.45) is 7.05 Å². The number of halogens is 1. The molecule has 3 aromatic rings. The third-order valence-electron chi connectivity index (χ3n) is 3.56. The van der Waals surface area contributed by atoms with Gasteiger partial charge < -0.3 is 9.88 Å². The van der Waals surface area contributed by atoms with Crippen molar-refractivity contribution in [1.82, 2.24) is 4.57 Å². The summed E-state index contributed by atoms with van der Waals surface area (Å²) < 4.78 is 2.46. The molecule has 2 aromatic carbocycles. The number of carbonyl (C=O) groups is 1. The van der Waals surface area contributed by atoms with Gasteiger partial charge in [-0.3, -0.25) is 9.59 Å². The van der Waals surface area contributed by atoms with E-state index in [4.69, 9.17) is 11.6 Å². The molecule has 0 unspecified atom stereocenters. The summed E-state index contributed by atoms with van der Waals surface area (Å²) in [7, 11) is 1.74. The van der Waals surface area contributed by atoms with Crippen molar-refractivity contribution in [1.29, 1.82) is 0 Å². The molecule has 1 atom stereocenters. The highest BCUT2D eigenvalue weighted by Gasteiger charge is 2.15. The monoisotopic (exact) mass is 378 g/mol. The Bertz CT molecular complexity index is 947. The third kappa shape index (κ3) is 3.66. The van der Waals surface area contributed by atoms with E-state index in [1.54, 1.807) is 23.7 Å². The lowest BCUT2D eigenvalue weighted by molar-refractivity contribution is -0.115. The third-order valence-corrected chi connectivity index (χ3v) is 5.91. The second-order valence-electron chi connectivity index (χ2n) is 5.31. The molecule has 0 saturated heterocycles. The van der Waals surface area contributed by atoms with Crippen LogP contribution in [-0.2, 0) is 11.8 Å². The summed E-state index contributed by atoms with van der Waals surface area (Å²) in [6, 6.07) is 12.9. The van der Waals surface area contributed by atoms with Crippen LogP contribution in [0.2, 0.25) is 5.02 Å². The number of aromatic nitrogens is 1. The van der Waals surface area contributed by atoms with Crippen molar-refractivity contribution in [2.45, 2.75) is 17.1 Å². The molecule has 0 fully saturated rings. The minimum Gasteiger partial charge on any atom is -0.325 e. The predicted octanol–water partition coefficient (Wildman–Crippen LogP) is 4.37. The minimum absolute atomic E-state index is 0.0138. The lowest BCUT2D eigenvalue weighted by Crippen LogP contribution is -2.22. The molecular weight excluding hydrogens is 364 g/mol. The molecule has 4 nitrogen and oxygen atoms in total. The van der Waals surface area contributed by atoms with Gasteiger partial charge in [0, 0.05) is 22.7 Å². The molecule has 1 aromatic heterocycles. The van der Waals surface area contributed by atoms with E-state index in [1.165, 1.54) is 23.1 Å². The van der Waals surface area contributed by atoms with Crippen LogP contribution >= 0.6 is 34.7 Å². The molecule has 0 aliphatic heterocycles. The maximum absolute atomic E-state index is 12.4. The molecule has 0 saturated carbocycles. The fourth-order valence-electron chi connectivity index (χ4n) is 2.23. The second kappa shape index (κ2) is 7.01. The van der Waals surface area contributed by atoms with Gasteiger partial charge in [0.1, 0.15) is 0 Å². The largest absolute Gasteiger partial charge is 0.325 e. The summed E-state index contributed by atoms with van der Waals surface area (Å²) >= 11 is 8.51. The molecule has 7 heteroatoms. The summed E-state index contributed by atoms with van der Waals surface area (Å²) in [6.07, 6.45) is 0. The van der Waals surface area contributed by atoms with Crippen molar-refractivity contribution in [3.8, 4) is 0 Å². The van der Waals surface area contributed by atoms with E-state index in [0.29, 0.717) is 10.7 Å². The van der Waals surface area contributed by atoms with Crippen LogP contribution in [0.3, 0.4) is 0 Å². The van der Waals surface area contributed by atoms with Gasteiger partial charge in [-0.05, 0) is 49.4 Å². The summed E-state index contributed by atoms with van der Waals surface area (Å²) in [5.74, 6) is -0.0856. The second-order valence-corrected chi connectivity index (χ2v) is 8.16. The number of aryl methyl sites for hydroxylation is 1. The Morgan fingerprint density at radius 1 is 1.25 bits per heavy atom. The van der Waals surface area contributed by atoms with E-state index >= 15 is 0 Å². The van der Waals surface area contributed by atoms with Gasteiger partial charge in [0.15, 0.2) is 0 Å². The number of fused-ring (bicyclic) bond motifs is 1. The highest BCUT2D eigenvalue weighted by molar-refractivity contribution is 8.00. The zero-order valence-corrected chi connectivity index (χ0v) is 15.5. The number of nitrogens with one attached hydrogen (secondary N) is 1. The number of anilines is 1. The van der Waals surface area contributed by atoms with Gasteiger partial charge in [0.05, 0.1) is 15.5 Å². The smallest absolute Gasteiger partial charge is 0.307 e. The lowest BCUT2D eigenvalue weighted by atomic mass is 10.3. The Hall–Kier alpha value is -1.76. The number of carbonyl (C=O) groups excluding carboxylic acids is 1. The number of thioether (sulfide) groups is 1. The molecule has 3 rings (SSSR count). The maximum atomic E-state index is 12.4. The van der Waals surface area contributed by atoms with Crippen LogP contribution < -0.4 is 10.2 Å². The van der Waals surface area contributed by atoms with Crippen LogP contribution in [0, 0.1) is 0 Å². The Labute approximate surface area is 152 Å². The van der Waals surface area contributed by atoms with Crippen LogP contribution in [0.5, 0.6) is 0 Å². The van der Waals surface area contributed by atoms with Crippen molar-refractivity contribution in [3.05, 3.63) is 57.2 Å². The first-order valence-corrected chi connectivity index (χ1v) is 9.34. The molecule has 0 bridgehead atoms. The lowest BCUT2D eigenvalue weighted by Gasteiger charge is -2.12. The summed E-state index contributed by atoms with van der Waals surface area (Å²) in [4.78, 5) is 25.0. The summed E-state index contributed by atoms with van der Waals surface area (Å²) in [6.45, 7) is 1.86. The molecule has 124 valence electrons. The zero-order valence-electron chi connectivity index (χ0n) is 13.1. The van der Waals surface area contributed by atoms with Crippen LogP contribution in [0.15, 0.2) is 52.2 Å². The van der Waals surface area contributed by atoms with Crippen LogP contribution in [-0.4, -0.2) is 15.7 Å². The number of rotatable bonds is 4. The average Bonchev–Trinajstić information content (AvgIpc) is 2.83. The van der Waals surface area contributed by atoms with Gasteiger partial charge in [-0.1, -0.05) is 22.9 Å².